The first kappa shape index (κ1) is 19.1. The van der Waals surface area contributed by atoms with Crippen LogP contribution >= 0.6 is 0 Å². The molecule has 0 bridgehead atoms. The molecule has 0 rings (SSSR count). The van der Waals surface area contributed by atoms with Crippen molar-refractivity contribution >= 4 is 6.16 Å². The largest absolute Gasteiger partial charge is 0.508 e. The first-order valence-corrected chi connectivity index (χ1v) is 6.60. The Labute approximate surface area is 120 Å². The number of ether oxygens (including phenoxy) is 6. The van der Waals surface area contributed by atoms with Crippen LogP contribution in [0, 0.1) is 0 Å². The topological polar surface area (TPSA) is 72.5 Å². The Kier molecular flexibility index (Phi) is 12.5. The van der Waals surface area contributed by atoms with E-state index in [0.717, 1.165) is 0 Å². The van der Waals surface area contributed by atoms with Crippen LogP contribution in [0.2, 0.25) is 0 Å². The van der Waals surface area contributed by atoms with Gasteiger partial charge in [-0.3, -0.25) is 0 Å². The summed E-state index contributed by atoms with van der Waals surface area (Å²) in [5.41, 5.74) is 0. The van der Waals surface area contributed by atoms with Gasteiger partial charge in [0.2, 0.25) is 0 Å². The fraction of sp³-hybridized carbons (Fsp3) is 0.923. The second-order valence-electron chi connectivity index (χ2n) is 4.22. The van der Waals surface area contributed by atoms with E-state index >= 15 is 0 Å². The van der Waals surface area contributed by atoms with Gasteiger partial charge in [-0.25, -0.2) is 4.79 Å². The molecule has 20 heavy (non-hydrogen) atoms. The molecule has 120 valence electrons. The summed E-state index contributed by atoms with van der Waals surface area (Å²) in [6.45, 7) is 5.66. The molecule has 0 aromatic heterocycles. The molecule has 7 heteroatoms. The van der Waals surface area contributed by atoms with E-state index in [4.69, 9.17) is 28.4 Å². The Morgan fingerprint density at radius 2 is 1.20 bits per heavy atom. The van der Waals surface area contributed by atoms with Crippen molar-refractivity contribution in [2.75, 3.05) is 53.9 Å². The molecule has 7 nitrogen and oxygen atoms in total. The molecule has 0 N–H and O–H groups in total. The number of methoxy groups -OCH3 is 2. The molecular formula is C13H26O7. The molecule has 2 unspecified atom stereocenters. The molecule has 2 atom stereocenters. The minimum atomic E-state index is -0.726. The Morgan fingerprint density at radius 3 is 1.55 bits per heavy atom. The van der Waals surface area contributed by atoms with Crippen molar-refractivity contribution in [1.82, 2.24) is 0 Å². The minimum Gasteiger partial charge on any atom is -0.432 e. The van der Waals surface area contributed by atoms with Crippen molar-refractivity contribution in [3.05, 3.63) is 0 Å². The highest BCUT2D eigenvalue weighted by atomic mass is 16.7. The van der Waals surface area contributed by atoms with Gasteiger partial charge in [-0.2, -0.15) is 0 Å². The lowest BCUT2D eigenvalue weighted by Crippen LogP contribution is -2.21. The number of hydrogen-bond donors (Lipinski definition) is 0. The maximum atomic E-state index is 11.2. The third kappa shape index (κ3) is 12.2. The molecule has 0 aliphatic carbocycles. The number of rotatable bonds is 12. The van der Waals surface area contributed by atoms with E-state index in [2.05, 4.69) is 0 Å². The summed E-state index contributed by atoms with van der Waals surface area (Å²) in [6, 6.07) is 0. The van der Waals surface area contributed by atoms with Crippen molar-refractivity contribution < 1.29 is 33.2 Å². The van der Waals surface area contributed by atoms with Crippen LogP contribution < -0.4 is 0 Å². The molecule has 0 aromatic rings. The summed E-state index contributed by atoms with van der Waals surface area (Å²) in [4.78, 5) is 11.2. The van der Waals surface area contributed by atoms with Gasteiger partial charge in [0.15, 0.2) is 0 Å². The predicted molar refractivity (Wildman–Crippen MR) is 71.9 cm³/mol. The second-order valence-corrected chi connectivity index (χ2v) is 4.22. The molecule has 0 aliphatic heterocycles. The average molecular weight is 294 g/mol. The van der Waals surface area contributed by atoms with Crippen LogP contribution in [0.4, 0.5) is 4.79 Å². The minimum absolute atomic E-state index is 0.0321. The summed E-state index contributed by atoms with van der Waals surface area (Å²) in [5.74, 6) is 0. The zero-order chi connectivity index (χ0) is 15.2. The van der Waals surface area contributed by atoms with Crippen LogP contribution in [0.1, 0.15) is 13.8 Å². The monoisotopic (exact) mass is 294 g/mol. The van der Waals surface area contributed by atoms with Gasteiger partial charge in [0, 0.05) is 14.2 Å². The highest BCUT2D eigenvalue weighted by Crippen LogP contribution is 1.94. The highest BCUT2D eigenvalue weighted by Gasteiger charge is 2.06. The first-order valence-electron chi connectivity index (χ1n) is 6.60. The Balaban J connectivity index is 3.37. The first-order chi connectivity index (χ1) is 9.60. The number of carbonyl (C=O) groups is 1. The molecule has 0 saturated heterocycles. The van der Waals surface area contributed by atoms with E-state index in [1.165, 1.54) is 0 Å². The van der Waals surface area contributed by atoms with Crippen molar-refractivity contribution in [2.24, 2.45) is 0 Å². The zero-order valence-corrected chi connectivity index (χ0v) is 12.8. The van der Waals surface area contributed by atoms with E-state index in [1.54, 1.807) is 14.2 Å². The normalized spacial score (nSPS) is 13.8. The molecular weight excluding hydrogens is 268 g/mol. The SMILES string of the molecule is COCC(C)OCCOC(=O)OCCOC(C)COC. The summed E-state index contributed by atoms with van der Waals surface area (Å²) in [5, 5.41) is 0. The van der Waals surface area contributed by atoms with Gasteiger partial charge in [0.1, 0.15) is 13.2 Å². The molecule has 0 amide bonds. The van der Waals surface area contributed by atoms with Crippen LogP contribution in [-0.2, 0) is 28.4 Å². The van der Waals surface area contributed by atoms with Crippen molar-refractivity contribution in [3.8, 4) is 0 Å². The van der Waals surface area contributed by atoms with Gasteiger partial charge in [-0.05, 0) is 13.8 Å². The van der Waals surface area contributed by atoms with E-state index in [1.807, 2.05) is 13.8 Å². The highest BCUT2D eigenvalue weighted by molar-refractivity contribution is 5.59. The van der Waals surface area contributed by atoms with Crippen LogP contribution in [0.5, 0.6) is 0 Å². The molecule has 0 heterocycles. The lowest BCUT2D eigenvalue weighted by Gasteiger charge is -2.13. The van der Waals surface area contributed by atoms with E-state index in [9.17, 15) is 4.79 Å². The second kappa shape index (κ2) is 13.1. The lowest BCUT2D eigenvalue weighted by atomic mass is 10.4. The van der Waals surface area contributed by atoms with Crippen LogP contribution in [0.25, 0.3) is 0 Å². The van der Waals surface area contributed by atoms with Gasteiger partial charge in [-0.1, -0.05) is 0 Å². The Bertz CT molecular complexity index is 213. The van der Waals surface area contributed by atoms with Gasteiger partial charge in [0.25, 0.3) is 0 Å². The number of hydrogen-bond acceptors (Lipinski definition) is 7. The maximum Gasteiger partial charge on any atom is 0.508 e. The van der Waals surface area contributed by atoms with Crippen LogP contribution in [-0.4, -0.2) is 72.2 Å². The molecule has 0 saturated carbocycles. The van der Waals surface area contributed by atoms with Crippen LogP contribution in [0.3, 0.4) is 0 Å². The molecule has 0 fully saturated rings. The zero-order valence-electron chi connectivity index (χ0n) is 12.8. The standard InChI is InChI=1S/C13H26O7/c1-11(9-15-3)17-5-7-19-13(14)20-8-6-18-12(2)10-16-4/h11-12H,5-10H2,1-4H3. The molecule has 0 aliphatic rings. The molecule has 0 radical (unpaired) electrons. The molecule has 0 aromatic carbocycles. The van der Waals surface area contributed by atoms with Gasteiger partial charge in [0.05, 0.1) is 38.6 Å². The summed E-state index contributed by atoms with van der Waals surface area (Å²) in [7, 11) is 3.20. The smallest absolute Gasteiger partial charge is 0.432 e. The van der Waals surface area contributed by atoms with Crippen molar-refractivity contribution in [2.45, 2.75) is 26.1 Å². The fourth-order valence-electron chi connectivity index (χ4n) is 1.36. The van der Waals surface area contributed by atoms with Gasteiger partial charge >= 0.3 is 6.16 Å². The summed E-state index contributed by atoms with van der Waals surface area (Å²) in [6.07, 6.45) is -0.790. The third-order valence-electron chi connectivity index (χ3n) is 2.21. The van der Waals surface area contributed by atoms with Gasteiger partial charge in [-0.15, -0.1) is 0 Å². The summed E-state index contributed by atoms with van der Waals surface area (Å²) < 4.78 is 30.1. The third-order valence-corrected chi connectivity index (χ3v) is 2.21. The Morgan fingerprint density at radius 1 is 0.800 bits per heavy atom. The van der Waals surface area contributed by atoms with Crippen molar-refractivity contribution in [3.63, 3.8) is 0 Å². The lowest BCUT2D eigenvalue weighted by molar-refractivity contribution is -0.0331. The summed E-state index contributed by atoms with van der Waals surface area (Å²) >= 11 is 0. The van der Waals surface area contributed by atoms with E-state index in [-0.39, 0.29) is 25.4 Å². The Hall–Kier alpha value is -0.890. The number of carbonyl (C=O) groups excluding carboxylic acids is 1. The fourth-order valence-corrected chi connectivity index (χ4v) is 1.36. The molecule has 0 spiro atoms. The van der Waals surface area contributed by atoms with E-state index in [0.29, 0.717) is 26.4 Å². The quantitative estimate of drug-likeness (QED) is 0.396. The van der Waals surface area contributed by atoms with Gasteiger partial charge < -0.3 is 28.4 Å². The predicted octanol–water partition coefficient (Wildman–Crippen LogP) is 1.24. The van der Waals surface area contributed by atoms with E-state index < -0.39 is 6.16 Å². The van der Waals surface area contributed by atoms with Crippen molar-refractivity contribution in [1.29, 1.82) is 0 Å². The van der Waals surface area contributed by atoms with Crippen LogP contribution in [0.15, 0.2) is 0 Å². The average Bonchev–Trinajstić information content (AvgIpc) is 2.40. The maximum absolute atomic E-state index is 11.2.